The van der Waals surface area contributed by atoms with Gasteiger partial charge in [0.05, 0.1) is 26.4 Å². The van der Waals surface area contributed by atoms with Gasteiger partial charge in [0.1, 0.15) is 13.2 Å². The number of benzene rings is 2. The Bertz CT molecular complexity index is 560. The van der Waals surface area contributed by atoms with Crippen LogP contribution in [0.25, 0.3) is 0 Å². The number of hydrogen-bond acceptors (Lipinski definition) is 5. The van der Waals surface area contributed by atoms with E-state index < -0.39 is 0 Å². The molecule has 0 saturated heterocycles. The van der Waals surface area contributed by atoms with Crippen LogP contribution < -0.4 is 14.2 Å². The van der Waals surface area contributed by atoms with E-state index in [9.17, 15) is 0 Å². The highest BCUT2D eigenvalue weighted by Crippen LogP contribution is 2.36. The first kappa shape index (κ1) is 15.6. The quantitative estimate of drug-likeness (QED) is 0.746. The Balaban J connectivity index is 1.81. The number of ether oxygens (including phenoxy) is 5. The fourth-order valence-corrected chi connectivity index (χ4v) is 2.17. The monoisotopic (exact) mass is 316 g/mol. The molecular weight excluding hydrogens is 296 g/mol. The van der Waals surface area contributed by atoms with E-state index in [4.69, 9.17) is 23.7 Å². The summed E-state index contributed by atoms with van der Waals surface area (Å²) >= 11 is 0. The van der Waals surface area contributed by atoms with Gasteiger partial charge in [-0.1, -0.05) is 24.3 Å². The lowest BCUT2D eigenvalue weighted by molar-refractivity contribution is 0.0275. The van der Waals surface area contributed by atoms with Gasteiger partial charge >= 0.3 is 0 Å². The Morgan fingerprint density at radius 2 is 0.870 bits per heavy atom. The minimum absolute atomic E-state index is 0.457. The Hall–Kier alpha value is -2.24. The maximum atomic E-state index is 5.99. The van der Waals surface area contributed by atoms with Gasteiger partial charge in [-0.2, -0.15) is 0 Å². The second-order valence-corrected chi connectivity index (χ2v) is 4.92. The molecule has 122 valence electrons. The minimum atomic E-state index is 0.457. The lowest BCUT2D eigenvalue weighted by Crippen LogP contribution is -2.13. The third-order valence-electron chi connectivity index (χ3n) is 3.26. The molecular formula is C18H20O5. The summed E-state index contributed by atoms with van der Waals surface area (Å²) < 4.78 is 28.4. The highest BCUT2D eigenvalue weighted by Gasteiger charge is 2.10. The smallest absolute Gasteiger partial charge is 0.169 e. The molecule has 5 nitrogen and oxygen atoms in total. The van der Waals surface area contributed by atoms with Crippen LogP contribution in [0.4, 0.5) is 0 Å². The first-order valence-corrected chi connectivity index (χ1v) is 7.70. The summed E-state index contributed by atoms with van der Waals surface area (Å²) in [5, 5.41) is 0. The zero-order chi connectivity index (χ0) is 15.7. The molecule has 5 heteroatoms. The normalized spacial score (nSPS) is 16.3. The van der Waals surface area contributed by atoms with E-state index in [0.717, 1.165) is 0 Å². The molecule has 0 unspecified atom stereocenters. The second kappa shape index (κ2) is 8.41. The first-order chi connectivity index (χ1) is 11.4. The maximum absolute atomic E-state index is 5.99. The molecule has 2 aromatic carbocycles. The van der Waals surface area contributed by atoms with Crippen molar-refractivity contribution in [2.75, 3.05) is 39.6 Å². The highest BCUT2D eigenvalue weighted by atomic mass is 16.6. The van der Waals surface area contributed by atoms with E-state index in [-0.39, 0.29) is 0 Å². The Morgan fingerprint density at radius 3 is 1.35 bits per heavy atom. The van der Waals surface area contributed by atoms with Crippen molar-refractivity contribution in [2.45, 2.75) is 0 Å². The third kappa shape index (κ3) is 4.61. The average molecular weight is 316 g/mol. The highest BCUT2D eigenvalue weighted by molar-refractivity contribution is 5.47. The van der Waals surface area contributed by atoms with Crippen molar-refractivity contribution in [3.05, 3.63) is 48.5 Å². The lowest BCUT2D eigenvalue weighted by Gasteiger charge is -2.14. The van der Waals surface area contributed by atoms with Gasteiger partial charge in [0.2, 0.25) is 0 Å². The van der Waals surface area contributed by atoms with Gasteiger partial charge < -0.3 is 23.7 Å². The summed E-state index contributed by atoms with van der Waals surface area (Å²) in [4.78, 5) is 0. The zero-order valence-corrected chi connectivity index (χ0v) is 12.9. The van der Waals surface area contributed by atoms with E-state index in [1.807, 2.05) is 48.5 Å². The van der Waals surface area contributed by atoms with Gasteiger partial charge in [-0.15, -0.1) is 0 Å². The Kier molecular flexibility index (Phi) is 5.72. The molecule has 0 amide bonds. The van der Waals surface area contributed by atoms with Crippen LogP contribution in [0.2, 0.25) is 0 Å². The van der Waals surface area contributed by atoms with Crippen LogP contribution >= 0.6 is 0 Å². The summed E-state index contributed by atoms with van der Waals surface area (Å²) in [5.41, 5.74) is 0. The third-order valence-corrected chi connectivity index (χ3v) is 3.26. The number of rotatable bonds is 0. The van der Waals surface area contributed by atoms with Crippen molar-refractivity contribution in [1.82, 2.24) is 0 Å². The van der Waals surface area contributed by atoms with Crippen molar-refractivity contribution < 1.29 is 23.7 Å². The first-order valence-electron chi connectivity index (χ1n) is 7.70. The molecule has 0 fully saturated rings. The standard InChI is InChI=1S/C18H20O5/c1-3-7-17-15(5-1)21-13-11-19-9-10-20-12-14-22-16-6-2-4-8-18(16)23-17/h1-8H,9-14H2. The van der Waals surface area contributed by atoms with E-state index in [0.29, 0.717) is 62.6 Å². The molecule has 0 aromatic heterocycles. The van der Waals surface area contributed by atoms with Gasteiger partial charge in [0.15, 0.2) is 23.0 Å². The van der Waals surface area contributed by atoms with Gasteiger partial charge in [0, 0.05) is 0 Å². The largest absolute Gasteiger partial charge is 0.487 e. The van der Waals surface area contributed by atoms with E-state index in [2.05, 4.69) is 0 Å². The topological polar surface area (TPSA) is 46.2 Å². The van der Waals surface area contributed by atoms with Gasteiger partial charge in [0.25, 0.3) is 0 Å². The van der Waals surface area contributed by atoms with Crippen LogP contribution in [-0.2, 0) is 9.47 Å². The molecule has 0 aliphatic carbocycles. The molecule has 3 rings (SSSR count). The van der Waals surface area contributed by atoms with Crippen LogP contribution in [-0.4, -0.2) is 39.6 Å². The predicted molar refractivity (Wildman–Crippen MR) is 85.6 cm³/mol. The van der Waals surface area contributed by atoms with E-state index >= 15 is 0 Å². The van der Waals surface area contributed by atoms with Crippen molar-refractivity contribution in [2.24, 2.45) is 0 Å². The SMILES string of the molecule is c1ccc2c(c1)OCCOCCOCCOc1ccccc1O2. The average Bonchev–Trinajstić information content (AvgIpc) is 2.59. The molecule has 0 spiro atoms. The van der Waals surface area contributed by atoms with Crippen LogP contribution in [0.1, 0.15) is 0 Å². The van der Waals surface area contributed by atoms with Crippen molar-refractivity contribution in [3.8, 4) is 23.0 Å². The fourth-order valence-electron chi connectivity index (χ4n) is 2.17. The summed E-state index contributed by atoms with van der Waals surface area (Å²) in [6.07, 6.45) is 0. The summed E-state index contributed by atoms with van der Waals surface area (Å²) in [6, 6.07) is 15.1. The minimum Gasteiger partial charge on any atom is -0.487 e. The van der Waals surface area contributed by atoms with Crippen LogP contribution in [0.5, 0.6) is 23.0 Å². The summed E-state index contributed by atoms with van der Waals surface area (Å²) in [7, 11) is 0. The molecule has 2 aromatic rings. The molecule has 1 aliphatic rings. The number of hydrogen-bond donors (Lipinski definition) is 0. The maximum Gasteiger partial charge on any atom is 0.169 e. The molecule has 0 bridgehead atoms. The fraction of sp³-hybridized carbons (Fsp3) is 0.333. The molecule has 23 heavy (non-hydrogen) atoms. The van der Waals surface area contributed by atoms with Crippen LogP contribution in [0, 0.1) is 0 Å². The molecule has 0 N–H and O–H groups in total. The van der Waals surface area contributed by atoms with Crippen molar-refractivity contribution in [1.29, 1.82) is 0 Å². The predicted octanol–water partition coefficient (Wildman–Crippen LogP) is 3.28. The van der Waals surface area contributed by atoms with Gasteiger partial charge in [-0.05, 0) is 24.3 Å². The van der Waals surface area contributed by atoms with Crippen LogP contribution in [0.3, 0.4) is 0 Å². The number of para-hydroxylation sites is 4. The van der Waals surface area contributed by atoms with Gasteiger partial charge in [-0.3, -0.25) is 0 Å². The Labute approximate surface area is 135 Å². The van der Waals surface area contributed by atoms with Crippen LogP contribution in [0.15, 0.2) is 48.5 Å². The van der Waals surface area contributed by atoms with E-state index in [1.165, 1.54) is 0 Å². The summed E-state index contributed by atoms with van der Waals surface area (Å²) in [6.45, 7) is 3.00. The zero-order valence-electron chi connectivity index (χ0n) is 12.9. The summed E-state index contributed by atoms with van der Waals surface area (Å²) in [5.74, 6) is 2.65. The Morgan fingerprint density at radius 1 is 0.478 bits per heavy atom. The molecule has 0 saturated carbocycles. The van der Waals surface area contributed by atoms with E-state index in [1.54, 1.807) is 0 Å². The molecule has 1 heterocycles. The molecule has 1 aliphatic heterocycles. The molecule has 0 atom stereocenters. The van der Waals surface area contributed by atoms with Gasteiger partial charge in [-0.25, -0.2) is 0 Å². The molecule has 0 radical (unpaired) electrons. The van der Waals surface area contributed by atoms with Crippen molar-refractivity contribution in [3.63, 3.8) is 0 Å². The van der Waals surface area contributed by atoms with Crippen molar-refractivity contribution >= 4 is 0 Å². The second-order valence-electron chi connectivity index (χ2n) is 4.92. The lowest BCUT2D eigenvalue weighted by atomic mass is 10.3. The number of fused-ring (bicyclic) bond motifs is 2.